The summed E-state index contributed by atoms with van der Waals surface area (Å²) < 4.78 is 0. The number of carboxylic acid groups (broad SMARTS) is 1. The predicted octanol–water partition coefficient (Wildman–Crippen LogP) is 3.33. The fourth-order valence-electron chi connectivity index (χ4n) is 2.56. The molecule has 2 rings (SSSR count). The molecule has 6 nitrogen and oxygen atoms in total. The number of nitro groups is 1. The first-order valence-corrected chi connectivity index (χ1v) is 6.77. The van der Waals surface area contributed by atoms with Crippen molar-refractivity contribution in [3.8, 4) is 0 Å². The predicted molar refractivity (Wildman–Crippen MR) is 75.7 cm³/mol. The maximum Gasteiger partial charge on any atom is 0.335 e. The molecule has 1 heterocycles. The summed E-state index contributed by atoms with van der Waals surface area (Å²) in [6, 6.07) is 2.49. The van der Waals surface area contributed by atoms with Gasteiger partial charge in [0.1, 0.15) is 5.69 Å². The highest BCUT2D eigenvalue weighted by Gasteiger charge is 2.29. The molecular formula is C13H15ClN2O4. The monoisotopic (exact) mass is 298 g/mol. The zero-order chi connectivity index (χ0) is 14.9. The Morgan fingerprint density at radius 3 is 2.75 bits per heavy atom. The van der Waals surface area contributed by atoms with E-state index in [9.17, 15) is 14.9 Å². The highest BCUT2D eigenvalue weighted by molar-refractivity contribution is 6.34. The van der Waals surface area contributed by atoms with Crippen LogP contribution < -0.4 is 4.90 Å². The number of halogens is 1. The lowest BCUT2D eigenvalue weighted by molar-refractivity contribution is -0.384. The fraction of sp³-hybridized carbons (Fsp3) is 0.462. The maximum absolute atomic E-state index is 11.2. The van der Waals surface area contributed by atoms with E-state index >= 15 is 0 Å². The number of rotatable bonds is 3. The molecule has 0 spiro atoms. The van der Waals surface area contributed by atoms with Crippen molar-refractivity contribution in [2.75, 3.05) is 11.4 Å². The molecular weight excluding hydrogens is 284 g/mol. The summed E-state index contributed by atoms with van der Waals surface area (Å²) in [5.41, 5.74) is -0.0902. The zero-order valence-corrected chi connectivity index (χ0v) is 11.8. The largest absolute Gasteiger partial charge is 0.478 e. The van der Waals surface area contributed by atoms with Crippen LogP contribution in [0.2, 0.25) is 5.02 Å². The van der Waals surface area contributed by atoms with Crippen LogP contribution in [-0.4, -0.2) is 28.6 Å². The number of carbonyl (C=O) groups is 1. The summed E-state index contributed by atoms with van der Waals surface area (Å²) in [6.07, 6.45) is 2.96. The molecule has 1 N–H and O–H groups in total. The lowest BCUT2D eigenvalue weighted by Crippen LogP contribution is -2.38. The van der Waals surface area contributed by atoms with Crippen molar-refractivity contribution in [2.24, 2.45) is 0 Å². The third-order valence-corrected chi connectivity index (χ3v) is 3.87. The van der Waals surface area contributed by atoms with Crippen molar-refractivity contribution >= 4 is 28.9 Å². The van der Waals surface area contributed by atoms with Crippen LogP contribution in [0.5, 0.6) is 0 Å². The van der Waals surface area contributed by atoms with Crippen LogP contribution in [0, 0.1) is 10.1 Å². The molecule has 1 aromatic carbocycles. The first-order chi connectivity index (χ1) is 9.41. The van der Waals surface area contributed by atoms with E-state index in [2.05, 4.69) is 0 Å². The Hall–Kier alpha value is -1.82. The van der Waals surface area contributed by atoms with Crippen LogP contribution in [0.15, 0.2) is 12.1 Å². The average Bonchev–Trinajstić information content (AvgIpc) is 2.38. The van der Waals surface area contributed by atoms with Crippen LogP contribution in [-0.2, 0) is 0 Å². The number of hydrogen-bond donors (Lipinski definition) is 1. The Bertz CT molecular complexity index is 562. The standard InChI is InChI=1S/C13H15ClN2O4/c1-8-4-2-3-5-15(8)12-10(14)6-9(13(17)18)7-11(12)16(19)20/h6-8H,2-5H2,1H3,(H,17,18). The van der Waals surface area contributed by atoms with Crippen molar-refractivity contribution in [1.82, 2.24) is 0 Å². The molecule has 0 saturated carbocycles. The molecule has 20 heavy (non-hydrogen) atoms. The van der Waals surface area contributed by atoms with Gasteiger partial charge in [0.2, 0.25) is 0 Å². The van der Waals surface area contributed by atoms with Crippen molar-refractivity contribution in [3.63, 3.8) is 0 Å². The Morgan fingerprint density at radius 2 is 2.20 bits per heavy atom. The molecule has 7 heteroatoms. The minimum Gasteiger partial charge on any atom is -0.478 e. The van der Waals surface area contributed by atoms with E-state index in [1.54, 1.807) is 0 Å². The van der Waals surface area contributed by atoms with E-state index in [-0.39, 0.29) is 22.3 Å². The second-order valence-electron chi connectivity index (χ2n) is 4.93. The lowest BCUT2D eigenvalue weighted by Gasteiger charge is -2.35. The van der Waals surface area contributed by atoms with E-state index in [1.807, 2.05) is 11.8 Å². The highest BCUT2D eigenvalue weighted by atomic mass is 35.5. The summed E-state index contributed by atoms with van der Waals surface area (Å²) in [5.74, 6) is -1.23. The summed E-state index contributed by atoms with van der Waals surface area (Å²) >= 11 is 6.11. The number of anilines is 1. The van der Waals surface area contributed by atoms with Gasteiger partial charge in [-0.2, -0.15) is 0 Å². The molecule has 0 aliphatic carbocycles. The van der Waals surface area contributed by atoms with Crippen LogP contribution >= 0.6 is 11.6 Å². The van der Waals surface area contributed by atoms with E-state index in [1.165, 1.54) is 6.07 Å². The number of nitrogens with zero attached hydrogens (tertiary/aromatic N) is 2. The van der Waals surface area contributed by atoms with Gasteiger partial charge in [0.25, 0.3) is 5.69 Å². The van der Waals surface area contributed by atoms with Crippen molar-refractivity contribution in [3.05, 3.63) is 32.8 Å². The van der Waals surface area contributed by atoms with Gasteiger partial charge in [-0.3, -0.25) is 10.1 Å². The van der Waals surface area contributed by atoms with E-state index in [4.69, 9.17) is 16.7 Å². The van der Waals surface area contributed by atoms with Gasteiger partial charge in [0.15, 0.2) is 0 Å². The molecule has 1 aromatic rings. The Labute approximate surface area is 121 Å². The van der Waals surface area contributed by atoms with Gasteiger partial charge in [-0.15, -0.1) is 0 Å². The number of benzene rings is 1. The van der Waals surface area contributed by atoms with Gasteiger partial charge < -0.3 is 10.0 Å². The lowest BCUT2D eigenvalue weighted by atomic mass is 10.0. The second kappa shape index (κ2) is 5.66. The molecule has 1 atom stereocenters. The fourth-order valence-corrected chi connectivity index (χ4v) is 2.88. The minimum atomic E-state index is -1.23. The summed E-state index contributed by atoms with van der Waals surface area (Å²) in [4.78, 5) is 23.5. The topological polar surface area (TPSA) is 83.7 Å². The molecule has 1 fully saturated rings. The first kappa shape index (κ1) is 14.6. The minimum absolute atomic E-state index is 0.116. The third-order valence-electron chi connectivity index (χ3n) is 3.58. The number of nitro benzene ring substituents is 1. The summed E-state index contributed by atoms with van der Waals surface area (Å²) in [5, 5.41) is 20.3. The highest BCUT2D eigenvalue weighted by Crippen LogP contribution is 2.39. The molecule has 0 amide bonds. The Kier molecular flexibility index (Phi) is 4.13. The number of hydrogen-bond acceptors (Lipinski definition) is 4. The molecule has 0 aromatic heterocycles. The van der Waals surface area contributed by atoms with Crippen LogP contribution in [0.25, 0.3) is 0 Å². The zero-order valence-electron chi connectivity index (χ0n) is 11.0. The van der Waals surface area contributed by atoms with E-state index in [0.717, 1.165) is 25.3 Å². The third kappa shape index (κ3) is 2.70. The van der Waals surface area contributed by atoms with Crippen LogP contribution in [0.3, 0.4) is 0 Å². The molecule has 1 unspecified atom stereocenters. The normalized spacial score (nSPS) is 18.9. The number of piperidine rings is 1. The first-order valence-electron chi connectivity index (χ1n) is 6.39. The van der Waals surface area contributed by atoms with Crippen LogP contribution in [0.1, 0.15) is 36.5 Å². The number of aromatic carboxylic acids is 1. The van der Waals surface area contributed by atoms with E-state index in [0.29, 0.717) is 12.2 Å². The quantitative estimate of drug-likeness (QED) is 0.683. The SMILES string of the molecule is CC1CCCCN1c1c(Cl)cc(C(=O)O)cc1[N+](=O)[O-]. The van der Waals surface area contributed by atoms with Gasteiger partial charge in [-0.25, -0.2) is 4.79 Å². The van der Waals surface area contributed by atoms with Crippen molar-refractivity contribution < 1.29 is 14.8 Å². The van der Waals surface area contributed by atoms with Gasteiger partial charge in [-0.05, 0) is 32.3 Å². The van der Waals surface area contributed by atoms with Crippen LogP contribution in [0.4, 0.5) is 11.4 Å². The maximum atomic E-state index is 11.2. The van der Waals surface area contributed by atoms with Gasteiger partial charge in [0, 0.05) is 18.7 Å². The smallest absolute Gasteiger partial charge is 0.335 e. The van der Waals surface area contributed by atoms with Gasteiger partial charge in [0.05, 0.1) is 15.5 Å². The Morgan fingerprint density at radius 1 is 1.50 bits per heavy atom. The molecule has 0 bridgehead atoms. The van der Waals surface area contributed by atoms with Gasteiger partial charge in [-0.1, -0.05) is 11.6 Å². The average molecular weight is 299 g/mol. The van der Waals surface area contributed by atoms with Crippen molar-refractivity contribution in [1.29, 1.82) is 0 Å². The molecule has 1 saturated heterocycles. The number of carboxylic acids is 1. The second-order valence-corrected chi connectivity index (χ2v) is 5.33. The molecule has 0 radical (unpaired) electrons. The summed E-state index contributed by atoms with van der Waals surface area (Å²) in [6.45, 7) is 2.68. The molecule has 1 aliphatic heterocycles. The van der Waals surface area contributed by atoms with Gasteiger partial charge >= 0.3 is 5.97 Å². The molecule has 1 aliphatic rings. The van der Waals surface area contributed by atoms with Crippen molar-refractivity contribution in [2.45, 2.75) is 32.2 Å². The molecule has 108 valence electrons. The van der Waals surface area contributed by atoms with E-state index < -0.39 is 10.9 Å². The Balaban J connectivity index is 2.56. The summed E-state index contributed by atoms with van der Waals surface area (Å²) in [7, 11) is 0.